The fraction of sp³-hybridized carbons (Fsp3) is 0.684. The molecule has 0 unspecified atom stereocenters. The number of aryl methyl sites for hydroxylation is 1. The Balaban J connectivity index is 1.66. The molecule has 1 aromatic carbocycles. The molecule has 0 saturated heterocycles. The summed E-state index contributed by atoms with van der Waals surface area (Å²) in [4.78, 5) is 2.63. The van der Waals surface area contributed by atoms with Gasteiger partial charge in [-0.2, -0.15) is 12.6 Å². The van der Waals surface area contributed by atoms with E-state index in [1.165, 1.54) is 83.0 Å². The van der Waals surface area contributed by atoms with E-state index in [4.69, 9.17) is 0 Å². The van der Waals surface area contributed by atoms with Gasteiger partial charge in [0, 0.05) is 18.8 Å². The van der Waals surface area contributed by atoms with Gasteiger partial charge in [0.25, 0.3) is 0 Å². The van der Waals surface area contributed by atoms with Crippen LogP contribution in [0.1, 0.15) is 63.4 Å². The van der Waals surface area contributed by atoms with Crippen LogP contribution >= 0.6 is 12.6 Å². The molecule has 0 saturated carbocycles. The average molecular weight is 306 g/mol. The van der Waals surface area contributed by atoms with Crippen LogP contribution in [-0.4, -0.2) is 18.8 Å². The molecule has 0 radical (unpaired) electrons. The van der Waals surface area contributed by atoms with Gasteiger partial charge in [0.05, 0.1) is 0 Å². The summed E-state index contributed by atoms with van der Waals surface area (Å²) in [5.41, 5.74) is 3.06. The normalized spacial score (nSPS) is 14.8. The fourth-order valence-corrected chi connectivity index (χ4v) is 3.52. The van der Waals surface area contributed by atoms with E-state index in [1.54, 1.807) is 5.56 Å². The van der Waals surface area contributed by atoms with Crippen LogP contribution in [0.3, 0.4) is 0 Å². The van der Waals surface area contributed by atoms with Gasteiger partial charge in [0.15, 0.2) is 0 Å². The summed E-state index contributed by atoms with van der Waals surface area (Å²) in [6.07, 6.45) is 13.5. The molecule has 0 aliphatic carbocycles. The van der Waals surface area contributed by atoms with Crippen LogP contribution in [0.4, 0.5) is 5.69 Å². The van der Waals surface area contributed by atoms with Gasteiger partial charge in [0.2, 0.25) is 0 Å². The van der Waals surface area contributed by atoms with Crippen molar-refractivity contribution in [2.45, 2.75) is 64.2 Å². The minimum atomic E-state index is 1.05. The molecule has 0 bridgehead atoms. The predicted molar refractivity (Wildman–Crippen MR) is 97.8 cm³/mol. The summed E-state index contributed by atoms with van der Waals surface area (Å²) in [7, 11) is 0. The number of para-hydroxylation sites is 1. The molecule has 1 nitrogen and oxygen atoms in total. The van der Waals surface area contributed by atoms with Crippen molar-refractivity contribution in [3.05, 3.63) is 29.8 Å². The maximum Gasteiger partial charge on any atom is 0.0398 e. The summed E-state index contributed by atoms with van der Waals surface area (Å²) >= 11 is 4.26. The van der Waals surface area contributed by atoms with Crippen LogP contribution in [0.25, 0.3) is 0 Å². The molecular formula is C19H31NS. The third-order valence-corrected chi connectivity index (χ3v) is 4.86. The first kappa shape index (κ1) is 16.7. The molecule has 0 atom stereocenters. The molecule has 0 amide bonds. The lowest BCUT2D eigenvalue weighted by atomic mass is 10.1. The minimum absolute atomic E-state index is 1.05. The van der Waals surface area contributed by atoms with Crippen molar-refractivity contribution in [2.24, 2.45) is 0 Å². The topological polar surface area (TPSA) is 3.24 Å². The maximum absolute atomic E-state index is 4.26. The van der Waals surface area contributed by atoms with E-state index in [9.17, 15) is 0 Å². The lowest BCUT2D eigenvalue weighted by Crippen LogP contribution is -2.25. The van der Waals surface area contributed by atoms with Crippen LogP contribution in [0, 0.1) is 0 Å². The van der Waals surface area contributed by atoms with Crippen molar-refractivity contribution < 1.29 is 0 Å². The van der Waals surface area contributed by atoms with E-state index >= 15 is 0 Å². The molecule has 1 aliphatic rings. The Labute approximate surface area is 136 Å². The quantitative estimate of drug-likeness (QED) is 0.466. The number of hydrogen-bond acceptors (Lipinski definition) is 2. The van der Waals surface area contributed by atoms with E-state index < -0.39 is 0 Å². The van der Waals surface area contributed by atoms with Crippen molar-refractivity contribution >= 4 is 18.3 Å². The summed E-state index contributed by atoms with van der Waals surface area (Å²) in [5.74, 6) is 1.05. The zero-order chi connectivity index (χ0) is 14.8. The number of benzene rings is 1. The standard InChI is InChI=1S/C19H31NS/c21-17-11-5-3-1-2-4-9-15-20-16-10-8-13-18-12-6-7-14-19(18)20/h6-7,12,14,21H,1-5,8-11,13,15-17H2. The van der Waals surface area contributed by atoms with Crippen LogP contribution in [0.15, 0.2) is 24.3 Å². The van der Waals surface area contributed by atoms with Gasteiger partial charge in [-0.3, -0.25) is 0 Å². The Morgan fingerprint density at radius 3 is 2.38 bits per heavy atom. The van der Waals surface area contributed by atoms with Gasteiger partial charge in [0.1, 0.15) is 0 Å². The van der Waals surface area contributed by atoms with Crippen molar-refractivity contribution in [2.75, 3.05) is 23.7 Å². The number of rotatable bonds is 9. The van der Waals surface area contributed by atoms with Crippen molar-refractivity contribution in [3.63, 3.8) is 0 Å². The molecule has 1 aliphatic heterocycles. The summed E-state index contributed by atoms with van der Waals surface area (Å²) in [6, 6.07) is 9.01. The van der Waals surface area contributed by atoms with Crippen LogP contribution < -0.4 is 4.90 Å². The lowest BCUT2D eigenvalue weighted by molar-refractivity contribution is 0.582. The third-order valence-electron chi connectivity index (χ3n) is 4.54. The summed E-state index contributed by atoms with van der Waals surface area (Å²) in [5, 5.41) is 0. The number of fused-ring (bicyclic) bond motifs is 1. The van der Waals surface area contributed by atoms with E-state index in [0.29, 0.717) is 0 Å². The van der Waals surface area contributed by atoms with Crippen LogP contribution in [-0.2, 0) is 6.42 Å². The van der Waals surface area contributed by atoms with Crippen molar-refractivity contribution in [3.8, 4) is 0 Å². The zero-order valence-electron chi connectivity index (χ0n) is 13.4. The SMILES string of the molecule is SCCCCCCCCCN1CCCCc2ccccc21. The molecule has 2 rings (SSSR count). The fourth-order valence-electron chi connectivity index (χ4n) is 3.30. The van der Waals surface area contributed by atoms with Crippen molar-refractivity contribution in [1.29, 1.82) is 0 Å². The molecule has 21 heavy (non-hydrogen) atoms. The van der Waals surface area contributed by atoms with Gasteiger partial charge in [-0.25, -0.2) is 0 Å². The van der Waals surface area contributed by atoms with Crippen LogP contribution in [0.2, 0.25) is 0 Å². The number of thiol groups is 1. The summed E-state index contributed by atoms with van der Waals surface area (Å²) < 4.78 is 0. The molecule has 2 heteroatoms. The first-order chi connectivity index (χ1) is 10.4. The predicted octanol–water partition coefficient (Wildman–Crippen LogP) is 5.49. The Hall–Kier alpha value is -0.630. The first-order valence-electron chi connectivity index (χ1n) is 8.85. The Morgan fingerprint density at radius 1 is 0.857 bits per heavy atom. The van der Waals surface area contributed by atoms with Gasteiger partial charge < -0.3 is 4.90 Å². The smallest absolute Gasteiger partial charge is 0.0398 e. The maximum atomic E-state index is 4.26. The van der Waals surface area contributed by atoms with Gasteiger partial charge >= 0.3 is 0 Å². The second-order valence-corrected chi connectivity index (χ2v) is 6.72. The Bertz CT molecular complexity index is 391. The molecule has 118 valence electrons. The minimum Gasteiger partial charge on any atom is -0.371 e. The van der Waals surface area contributed by atoms with E-state index in [2.05, 4.69) is 41.8 Å². The molecule has 0 aromatic heterocycles. The lowest BCUT2D eigenvalue weighted by Gasteiger charge is -2.25. The molecule has 0 spiro atoms. The highest BCUT2D eigenvalue weighted by Crippen LogP contribution is 2.26. The van der Waals surface area contributed by atoms with Gasteiger partial charge in [-0.05, 0) is 49.5 Å². The van der Waals surface area contributed by atoms with Gasteiger partial charge in [-0.15, -0.1) is 0 Å². The third kappa shape index (κ3) is 5.94. The highest BCUT2D eigenvalue weighted by molar-refractivity contribution is 7.80. The first-order valence-corrected chi connectivity index (χ1v) is 9.49. The number of hydrogen-bond donors (Lipinski definition) is 1. The number of unbranched alkanes of at least 4 members (excludes halogenated alkanes) is 6. The molecule has 1 heterocycles. The molecule has 0 fully saturated rings. The highest BCUT2D eigenvalue weighted by Gasteiger charge is 2.13. The second kappa shape index (κ2) is 10.2. The van der Waals surface area contributed by atoms with E-state index in [1.807, 2.05) is 0 Å². The number of anilines is 1. The average Bonchev–Trinajstić information content (AvgIpc) is 2.72. The molecule has 1 aromatic rings. The highest BCUT2D eigenvalue weighted by atomic mass is 32.1. The largest absolute Gasteiger partial charge is 0.371 e. The van der Waals surface area contributed by atoms with Gasteiger partial charge in [-0.1, -0.05) is 50.3 Å². The van der Waals surface area contributed by atoms with Crippen LogP contribution in [0.5, 0.6) is 0 Å². The zero-order valence-corrected chi connectivity index (χ0v) is 14.3. The summed E-state index contributed by atoms with van der Waals surface area (Å²) in [6.45, 7) is 2.49. The molecular weight excluding hydrogens is 274 g/mol. The van der Waals surface area contributed by atoms with Crippen molar-refractivity contribution in [1.82, 2.24) is 0 Å². The molecule has 0 N–H and O–H groups in total. The Morgan fingerprint density at radius 2 is 1.57 bits per heavy atom. The second-order valence-electron chi connectivity index (χ2n) is 6.27. The Kier molecular flexibility index (Phi) is 8.09. The van der Waals surface area contributed by atoms with E-state index in [0.717, 1.165) is 5.75 Å². The number of nitrogens with zero attached hydrogens (tertiary/aromatic N) is 1. The van der Waals surface area contributed by atoms with E-state index in [-0.39, 0.29) is 0 Å². The monoisotopic (exact) mass is 305 g/mol.